The Kier molecular flexibility index (Phi) is 4.51. The fraction of sp³-hybridized carbons (Fsp3) is 0.700. The van der Waals surface area contributed by atoms with Crippen LogP contribution in [0.2, 0.25) is 10.0 Å². The summed E-state index contributed by atoms with van der Waals surface area (Å²) in [6.45, 7) is 4.84. The van der Waals surface area contributed by atoms with E-state index in [-0.39, 0.29) is 6.10 Å². The number of hydrogen-bond acceptors (Lipinski definition) is 2. The van der Waals surface area contributed by atoms with Gasteiger partial charge in [0.25, 0.3) is 0 Å². The van der Waals surface area contributed by atoms with Crippen LogP contribution < -0.4 is 10.1 Å². The Balaban J connectivity index is 1.53. The van der Waals surface area contributed by atoms with Crippen LogP contribution in [-0.2, 0) is 6.54 Å². The van der Waals surface area contributed by atoms with E-state index in [4.69, 9.17) is 27.9 Å². The topological polar surface area (TPSA) is 21.3 Å². The number of ether oxygens (including phenoxy) is 1. The molecule has 4 saturated carbocycles. The number of benzene rings is 1. The molecule has 4 aliphatic carbocycles. The van der Waals surface area contributed by atoms with Gasteiger partial charge in [-0.2, -0.15) is 0 Å². The van der Waals surface area contributed by atoms with Crippen molar-refractivity contribution in [3.63, 3.8) is 0 Å². The molecule has 4 fully saturated rings. The van der Waals surface area contributed by atoms with Crippen LogP contribution in [0.1, 0.15) is 57.9 Å². The monoisotopic (exact) mass is 367 g/mol. The third kappa shape index (κ3) is 3.30. The second kappa shape index (κ2) is 6.37. The molecule has 0 aromatic heterocycles. The van der Waals surface area contributed by atoms with E-state index in [9.17, 15) is 0 Å². The van der Waals surface area contributed by atoms with Crippen LogP contribution in [0.25, 0.3) is 0 Å². The van der Waals surface area contributed by atoms with Crippen LogP contribution in [0.4, 0.5) is 0 Å². The number of nitrogens with one attached hydrogen (secondary N) is 1. The van der Waals surface area contributed by atoms with Crippen molar-refractivity contribution in [3.05, 3.63) is 27.7 Å². The van der Waals surface area contributed by atoms with E-state index in [1.807, 2.05) is 19.9 Å². The normalized spacial score (nSPS) is 34.1. The van der Waals surface area contributed by atoms with E-state index in [2.05, 4.69) is 5.32 Å². The van der Waals surface area contributed by atoms with Gasteiger partial charge in [-0.25, -0.2) is 0 Å². The maximum Gasteiger partial charge on any atom is 0.142 e. The lowest BCUT2D eigenvalue weighted by Gasteiger charge is -2.57. The van der Waals surface area contributed by atoms with Gasteiger partial charge in [0.1, 0.15) is 5.75 Å². The Morgan fingerprint density at radius 1 is 1.08 bits per heavy atom. The summed E-state index contributed by atoms with van der Waals surface area (Å²) in [5.74, 6) is 3.61. The summed E-state index contributed by atoms with van der Waals surface area (Å²) < 4.78 is 5.97. The molecule has 1 aromatic carbocycles. The molecule has 1 aromatic rings. The van der Waals surface area contributed by atoms with Gasteiger partial charge < -0.3 is 10.1 Å². The molecule has 4 bridgehead atoms. The first-order valence-electron chi connectivity index (χ1n) is 9.32. The molecule has 1 N–H and O–H groups in total. The van der Waals surface area contributed by atoms with E-state index in [0.29, 0.717) is 15.6 Å². The highest BCUT2D eigenvalue weighted by atomic mass is 35.5. The summed E-state index contributed by atoms with van der Waals surface area (Å²) in [5, 5.41) is 5.20. The average Bonchev–Trinajstić information content (AvgIpc) is 2.46. The lowest BCUT2D eigenvalue weighted by molar-refractivity contribution is -0.0206. The Hall–Kier alpha value is -0.440. The molecule has 0 saturated heterocycles. The first kappa shape index (κ1) is 17.0. The average molecular weight is 368 g/mol. The Morgan fingerprint density at radius 2 is 1.67 bits per heavy atom. The molecule has 0 unspecified atom stereocenters. The first-order valence-corrected chi connectivity index (χ1v) is 10.1. The minimum atomic E-state index is 0.0991. The Morgan fingerprint density at radius 3 is 2.21 bits per heavy atom. The van der Waals surface area contributed by atoms with Gasteiger partial charge in [0, 0.05) is 22.7 Å². The quantitative estimate of drug-likeness (QED) is 0.705. The number of halogens is 2. The van der Waals surface area contributed by atoms with E-state index < -0.39 is 0 Å². The fourth-order valence-corrected chi connectivity index (χ4v) is 6.30. The minimum absolute atomic E-state index is 0.0991. The van der Waals surface area contributed by atoms with Crippen molar-refractivity contribution in [2.24, 2.45) is 17.8 Å². The predicted molar refractivity (Wildman–Crippen MR) is 100.0 cm³/mol. The summed E-state index contributed by atoms with van der Waals surface area (Å²) in [4.78, 5) is 0. The highest BCUT2D eigenvalue weighted by Gasteiger charge is 2.50. The molecule has 0 heterocycles. The first-order chi connectivity index (χ1) is 11.4. The SMILES string of the molecule is CC(C)Oc1c(Cl)cc(Cl)cc1CNC12CC3CC(CC(C3)C1)C2. The van der Waals surface area contributed by atoms with Crippen LogP contribution in [0.15, 0.2) is 12.1 Å². The minimum Gasteiger partial charge on any atom is -0.489 e. The Labute approximate surface area is 155 Å². The molecule has 0 amide bonds. The lowest BCUT2D eigenvalue weighted by atomic mass is 9.53. The van der Waals surface area contributed by atoms with E-state index >= 15 is 0 Å². The van der Waals surface area contributed by atoms with Gasteiger partial charge in [0.05, 0.1) is 11.1 Å². The highest BCUT2D eigenvalue weighted by molar-refractivity contribution is 6.35. The smallest absolute Gasteiger partial charge is 0.142 e. The van der Waals surface area contributed by atoms with Gasteiger partial charge in [-0.05, 0) is 82.3 Å². The summed E-state index contributed by atoms with van der Waals surface area (Å²) in [6.07, 6.45) is 8.51. The largest absolute Gasteiger partial charge is 0.489 e. The zero-order valence-electron chi connectivity index (χ0n) is 14.6. The second-order valence-electron chi connectivity index (χ2n) is 8.59. The molecule has 132 valence electrons. The van der Waals surface area contributed by atoms with E-state index in [1.54, 1.807) is 6.07 Å². The molecule has 0 spiro atoms. The highest BCUT2D eigenvalue weighted by Crippen LogP contribution is 2.55. The standard InChI is InChI=1S/C20H27Cl2NO/c1-12(2)24-19-16(6-17(21)7-18(19)22)11-23-20-8-13-3-14(9-20)5-15(4-13)10-20/h6-7,12-15,23H,3-5,8-11H2,1-2H3. The lowest BCUT2D eigenvalue weighted by Crippen LogP contribution is -2.58. The molecule has 4 heteroatoms. The zero-order valence-corrected chi connectivity index (χ0v) is 16.1. The van der Waals surface area contributed by atoms with Crippen LogP contribution >= 0.6 is 23.2 Å². The van der Waals surface area contributed by atoms with Crippen molar-refractivity contribution in [1.82, 2.24) is 5.32 Å². The predicted octanol–water partition coefficient (Wildman–Crippen LogP) is 5.84. The molecule has 0 aliphatic heterocycles. The van der Waals surface area contributed by atoms with Gasteiger partial charge in [-0.1, -0.05) is 23.2 Å². The summed E-state index contributed by atoms with van der Waals surface area (Å²) >= 11 is 12.6. The van der Waals surface area contributed by atoms with Crippen molar-refractivity contribution in [3.8, 4) is 5.75 Å². The maximum absolute atomic E-state index is 6.40. The second-order valence-corrected chi connectivity index (χ2v) is 9.44. The van der Waals surface area contributed by atoms with Crippen molar-refractivity contribution in [2.45, 2.75) is 70.6 Å². The van der Waals surface area contributed by atoms with Crippen molar-refractivity contribution < 1.29 is 4.74 Å². The molecular formula is C20H27Cl2NO. The molecule has 5 rings (SSSR count). The van der Waals surface area contributed by atoms with Crippen LogP contribution in [-0.4, -0.2) is 11.6 Å². The third-order valence-corrected chi connectivity index (χ3v) is 6.63. The summed E-state index contributed by atoms with van der Waals surface area (Å²) in [6, 6.07) is 3.77. The zero-order chi connectivity index (χ0) is 16.9. The fourth-order valence-electron chi connectivity index (χ4n) is 5.72. The van der Waals surface area contributed by atoms with Gasteiger partial charge >= 0.3 is 0 Å². The van der Waals surface area contributed by atoms with Crippen molar-refractivity contribution in [2.75, 3.05) is 0 Å². The number of rotatable bonds is 5. The molecular weight excluding hydrogens is 341 g/mol. The van der Waals surface area contributed by atoms with E-state index in [1.165, 1.54) is 38.5 Å². The summed E-state index contributed by atoms with van der Waals surface area (Å²) in [5.41, 5.74) is 1.41. The summed E-state index contributed by atoms with van der Waals surface area (Å²) in [7, 11) is 0. The molecule has 0 atom stereocenters. The van der Waals surface area contributed by atoms with Crippen LogP contribution in [0, 0.1) is 17.8 Å². The Bertz CT molecular complexity index is 593. The third-order valence-electron chi connectivity index (χ3n) is 6.13. The molecule has 0 radical (unpaired) electrons. The van der Waals surface area contributed by atoms with Crippen LogP contribution in [0.5, 0.6) is 5.75 Å². The van der Waals surface area contributed by atoms with Crippen molar-refractivity contribution in [1.29, 1.82) is 0 Å². The van der Waals surface area contributed by atoms with Gasteiger partial charge in [-0.3, -0.25) is 0 Å². The molecule has 4 aliphatic rings. The van der Waals surface area contributed by atoms with Crippen molar-refractivity contribution >= 4 is 23.2 Å². The molecule has 2 nitrogen and oxygen atoms in total. The van der Waals surface area contributed by atoms with Crippen LogP contribution in [0.3, 0.4) is 0 Å². The van der Waals surface area contributed by atoms with E-state index in [0.717, 1.165) is 35.6 Å². The molecule has 24 heavy (non-hydrogen) atoms. The maximum atomic E-state index is 6.40. The van der Waals surface area contributed by atoms with Gasteiger partial charge in [0.15, 0.2) is 0 Å². The van der Waals surface area contributed by atoms with Gasteiger partial charge in [0.2, 0.25) is 0 Å². The number of hydrogen-bond donors (Lipinski definition) is 1. The van der Waals surface area contributed by atoms with Gasteiger partial charge in [-0.15, -0.1) is 0 Å².